The smallest absolute Gasteiger partial charge is 0.410 e. The predicted octanol–water partition coefficient (Wildman–Crippen LogP) is 3.69. The lowest BCUT2D eigenvalue weighted by molar-refractivity contribution is -0.384. The van der Waals surface area contributed by atoms with Crippen LogP contribution in [0.2, 0.25) is 0 Å². The van der Waals surface area contributed by atoms with E-state index in [1.54, 1.807) is 26.6 Å². The number of hydrogen-bond acceptors (Lipinski definition) is 6. The monoisotopic (exact) mass is 455 g/mol. The Kier molecular flexibility index (Phi) is 5.63. The number of nitro groups is 1. The molecule has 0 aliphatic carbocycles. The molecular weight excluding hydrogens is 426 g/mol. The summed E-state index contributed by atoms with van der Waals surface area (Å²) in [7, 11) is 0. The molecule has 4 rings (SSSR count). The number of benzene rings is 1. The lowest BCUT2D eigenvalue weighted by Gasteiger charge is -2.36. The summed E-state index contributed by atoms with van der Waals surface area (Å²) in [5.74, 6) is -0.187. The van der Waals surface area contributed by atoms with Crippen molar-refractivity contribution in [2.75, 3.05) is 6.54 Å². The fourth-order valence-electron chi connectivity index (χ4n) is 4.45. The Labute approximate surface area is 192 Å². The molecule has 10 heteroatoms. The minimum absolute atomic E-state index is 0.00628. The zero-order valence-electron chi connectivity index (χ0n) is 19.6. The number of fused-ring (bicyclic) bond motifs is 3. The first-order valence-electron chi connectivity index (χ1n) is 11.1. The van der Waals surface area contributed by atoms with E-state index in [1.807, 2.05) is 34.6 Å². The third-order valence-corrected chi connectivity index (χ3v) is 6.16. The number of carbonyl (C=O) groups is 2. The van der Waals surface area contributed by atoms with Crippen LogP contribution in [0, 0.1) is 10.1 Å². The van der Waals surface area contributed by atoms with Crippen molar-refractivity contribution in [3.8, 4) is 0 Å². The van der Waals surface area contributed by atoms with Crippen molar-refractivity contribution in [1.82, 2.24) is 19.6 Å². The Hall–Kier alpha value is -3.43. The fourth-order valence-corrected chi connectivity index (χ4v) is 4.45. The molecule has 2 aliphatic rings. The summed E-state index contributed by atoms with van der Waals surface area (Å²) in [4.78, 5) is 40.4. The number of non-ortho nitro benzene ring substituents is 1. The highest BCUT2D eigenvalue weighted by Crippen LogP contribution is 2.33. The van der Waals surface area contributed by atoms with Crippen LogP contribution in [0.5, 0.6) is 0 Å². The number of nitro benzene ring substituents is 1. The molecule has 2 atom stereocenters. The molecule has 2 amide bonds. The maximum atomic E-state index is 13.6. The number of aromatic nitrogens is 2. The number of ether oxygens (including phenoxy) is 1. The molecule has 10 nitrogen and oxygen atoms in total. The van der Waals surface area contributed by atoms with Gasteiger partial charge in [-0.3, -0.25) is 19.6 Å². The van der Waals surface area contributed by atoms with Crippen LogP contribution < -0.4 is 0 Å². The van der Waals surface area contributed by atoms with Gasteiger partial charge in [-0.2, -0.15) is 5.10 Å². The Balaban J connectivity index is 1.62. The van der Waals surface area contributed by atoms with Crippen LogP contribution in [0.25, 0.3) is 0 Å². The molecule has 0 radical (unpaired) electrons. The van der Waals surface area contributed by atoms with Crippen molar-refractivity contribution in [1.29, 1.82) is 0 Å². The number of rotatable bonds is 3. The Morgan fingerprint density at radius 2 is 2.03 bits per heavy atom. The van der Waals surface area contributed by atoms with Crippen LogP contribution in [-0.4, -0.2) is 54.7 Å². The minimum Gasteiger partial charge on any atom is -0.444 e. The first-order valence-corrected chi connectivity index (χ1v) is 11.1. The van der Waals surface area contributed by atoms with E-state index in [1.165, 1.54) is 12.1 Å². The van der Waals surface area contributed by atoms with E-state index in [0.29, 0.717) is 30.8 Å². The summed E-state index contributed by atoms with van der Waals surface area (Å²) in [6.07, 6.45) is 0.133. The quantitative estimate of drug-likeness (QED) is 0.516. The van der Waals surface area contributed by atoms with E-state index in [-0.39, 0.29) is 30.2 Å². The summed E-state index contributed by atoms with van der Waals surface area (Å²) >= 11 is 0. The zero-order valence-corrected chi connectivity index (χ0v) is 19.6. The molecule has 176 valence electrons. The molecular formula is C23H29N5O5. The first-order chi connectivity index (χ1) is 15.5. The van der Waals surface area contributed by atoms with Crippen molar-refractivity contribution in [2.45, 2.75) is 71.8 Å². The predicted molar refractivity (Wildman–Crippen MR) is 120 cm³/mol. The molecule has 33 heavy (non-hydrogen) atoms. The van der Waals surface area contributed by atoms with Gasteiger partial charge in [0.25, 0.3) is 11.6 Å². The second-order valence-electron chi connectivity index (χ2n) is 9.69. The van der Waals surface area contributed by atoms with Crippen LogP contribution >= 0.6 is 0 Å². The number of hydrogen-bond donors (Lipinski definition) is 0. The van der Waals surface area contributed by atoms with Gasteiger partial charge >= 0.3 is 6.09 Å². The highest BCUT2D eigenvalue weighted by molar-refractivity contribution is 5.95. The van der Waals surface area contributed by atoms with Crippen LogP contribution in [0.3, 0.4) is 0 Å². The van der Waals surface area contributed by atoms with Gasteiger partial charge in [0, 0.05) is 36.7 Å². The van der Waals surface area contributed by atoms with E-state index in [4.69, 9.17) is 4.74 Å². The van der Waals surface area contributed by atoms with Gasteiger partial charge in [0.2, 0.25) is 0 Å². The lowest BCUT2D eigenvalue weighted by atomic mass is 9.98. The van der Waals surface area contributed by atoms with E-state index < -0.39 is 16.6 Å². The van der Waals surface area contributed by atoms with Gasteiger partial charge in [-0.1, -0.05) is 12.1 Å². The summed E-state index contributed by atoms with van der Waals surface area (Å²) in [5, 5.41) is 15.8. The summed E-state index contributed by atoms with van der Waals surface area (Å²) < 4.78 is 7.30. The largest absolute Gasteiger partial charge is 0.444 e. The molecule has 0 fully saturated rings. The molecule has 1 aromatic heterocycles. The van der Waals surface area contributed by atoms with E-state index in [2.05, 4.69) is 5.10 Å². The van der Waals surface area contributed by atoms with Crippen molar-refractivity contribution in [3.05, 3.63) is 56.9 Å². The molecule has 3 heterocycles. The van der Waals surface area contributed by atoms with Gasteiger partial charge in [-0.05, 0) is 40.2 Å². The number of nitrogens with zero attached hydrogens (tertiary/aromatic N) is 5. The highest BCUT2D eigenvalue weighted by Gasteiger charge is 2.39. The summed E-state index contributed by atoms with van der Waals surface area (Å²) in [6, 6.07) is 5.92. The average Bonchev–Trinajstić information content (AvgIpc) is 3.09. The van der Waals surface area contributed by atoms with E-state index in [0.717, 1.165) is 11.3 Å². The maximum Gasteiger partial charge on any atom is 0.410 e. The van der Waals surface area contributed by atoms with Gasteiger partial charge in [-0.25, -0.2) is 4.79 Å². The Morgan fingerprint density at radius 1 is 1.30 bits per heavy atom. The van der Waals surface area contributed by atoms with Gasteiger partial charge in [0.1, 0.15) is 11.3 Å². The van der Waals surface area contributed by atoms with Crippen molar-refractivity contribution in [3.63, 3.8) is 0 Å². The minimum atomic E-state index is -0.615. The van der Waals surface area contributed by atoms with Gasteiger partial charge in [0.05, 0.1) is 29.7 Å². The Morgan fingerprint density at radius 3 is 2.70 bits per heavy atom. The van der Waals surface area contributed by atoms with Crippen molar-refractivity contribution < 1.29 is 19.2 Å². The molecule has 0 N–H and O–H groups in total. The van der Waals surface area contributed by atoms with Crippen LogP contribution in [-0.2, 0) is 24.2 Å². The number of carbonyl (C=O) groups excluding carboxylic acids is 2. The van der Waals surface area contributed by atoms with Gasteiger partial charge in [0.15, 0.2) is 0 Å². The van der Waals surface area contributed by atoms with Crippen molar-refractivity contribution in [2.24, 2.45) is 0 Å². The van der Waals surface area contributed by atoms with Crippen LogP contribution in [0.4, 0.5) is 10.5 Å². The maximum absolute atomic E-state index is 13.6. The number of amides is 2. The lowest BCUT2D eigenvalue weighted by Crippen LogP contribution is -2.46. The molecule has 0 saturated heterocycles. The third kappa shape index (κ3) is 4.29. The third-order valence-electron chi connectivity index (χ3n) is 6.16. The SMILES string of the molecule is CC(c1cccc([N+](=O)[O-])c1)N1CCn2nc3c(c2C1=O)CN(C(=O)OC(C)(C)C)[C@H](C)C3. The Bertz CT molecular complexity index is 1120. The summed E-state index contributed by atoms with van der Waals surface area (Å²) in [6.45, 7) is 10.5. The normalized spacial score (nSPS) is 19.1. The molecule has 2 aromatic rings. The topological polar surface area (TPSA) is 111 Å². The molecule has 0 bridgehead atoms. The van der Waals surface area contributed by atoms with Crippen LogP contribution in [0.15, 0.2) is 24.3 Å². The second-order valence-corrected chi connectivity index (χ2v) is 9.69. The summed E-state index contributed by atoms with van der Waals surface area (Å²) in [5.41, 5.74) is 2.14. The molecule has 1 unspecified atom stereocenters. The second kappa shape index (κ2) is 8.17. The highest BCUT2D eigenvalue weighted by atomic mass is 16.6. The first kappa shape index (κ1) is 22.8. The van der Waals surface area contributed by atoms with Crippen molar-refractivity contribution >= 4 is 17.7 Å². The molecule has 0 spiro atoms. The van der Waals surface area contributed by atoms with Gasteiger partial charge < -0.3 is 14.5 Å². The molecule has 1 aromatic carbocycles. The van der Waals surface area contributed by atoms with Crippen LogP contribution in [0.1, 0.15) is 68.0 Å². The average molecular weight is 456 g/mol. The van der Waals surface area contributed by atoms with Gasteiger partial charge in [-0.15, -0.1) is 0 Å². The van der Waals surface area contributed by atoms with E-state index in [9.17, 15) is 19.7 Å². The van der Waals surface area contributed by atoms with E-state index >= 15 is 0 Å². The zero-order chi connectivity index (χ0) is 24.1. The molecule has 0 saturated carbocycles. The fraction of sp³-hybridized carbons (Fsp3) is 0.522. The standard InChI is InChI=1S/C23H29N5O5/c1-14-11-19-18(13-26(14)22(30)33-23(3,4)5)20-21(29)25(9-10-27(20)24-19)15(2)16-7-6-8-17(12-16)28(31)32/h6-8,12,14-15H,9-11,13H2,1-5H3/t14-,15?/m1/s1. The molecule has 2 aliphatic heterocycles.